The number of halogens is 2. The molecule has 0 aromatic heterocycles. The van der Waals surface area contributed by atoms with Crippen LogP contribution in [0, 0.1) is 6.07 Å². The zero-order valence-electron chi connectivity index (χ0n) is 35.1. The second-order valence-electron chi connectivity index (χ2n) is 16.8. The van der Waals surface area contributed by atoms with Gasteiger partial charge in [-0.15, -0.1) is 74.6 Å². The molecule has 0 saturated carbocycles. The summed E-state index contributed by atoms with van der Waals surface area (Å²) in [4.78, 5) is 0. The van der Waals surface area contributed by atoms with Crippen molar-refractivity contribution in [3.63, 3.8) is 0 Å². The van der Waals surface area contributed by atoms with Gasteiger partial charge < -0.3 is 0 Å². The summed E-state index contributed by atoms with van der Waals surface area (Å²) in [7, 11) is 10.7. The van der Waals surface area contributed by atoms with Crippen molar-refractivity contribution in [2.24, 2.45) is 0 Å². The number of hydrogen-bond donors (Lipinski definition) is 0. The van der Waals surface area contributed by atoms with E-state index < -0.39 is 20.8 Å². The molecule has 8 aromatic carbocycles. The van der Waals surface area contributed by atoms with E-state index in [9.17, 15) is 0 Å². The summed E-state index contributed by atoms with van der Waals surface area (Å²) in [5, 5.41) is 8.29. The summed E-state index contributed by atoms with van der Waals surface area (Å²) in [6.45, 7) is 18.2. The molecule has 0 bridgehead atoms. The Hall–Kier alpha value is -3.78. The van der Waals surface area contributed by atoms with Crippen molar-refractivity contribution in [2.45, 2.75) is 79.1 Å². The van der Waals surface area contributed by atoms with Crippen molar-refractivity contribution in [3.8, 4) is 33.4 Å². The Morgan fingerprint density at radius 3 is 1.40 bits per heavy atom. The van der Waals surface area contributed by atoms with Gasteiger partial charge in [-0.25, -0.2) is 0 Å². The van der Waals surface area contributed by atoms with E-state index in [1.807, 2.05) is 6.07 Å². The van der Waals surface area contributed by atoms with Gasteiger partial charge in [0.15, 0.2) is 0 Å². The van der Waals surface area contributed by atoms with E-state index in [-0.39, 0.29) is 10.8 Å². The Labute approximate surface area is 368 Å². The van der Waals surface area contributed by atoms with E-state index in [1.54, 1.807) is 0 Å². The van der Waals surface area contributed by atoms with Crippen molar-refractivity contribution in [1.82, 2.24) is 0 Å². The van der Waals surface area contributed by atoms with E-state index in [4.69, 9.17) is 17.0 Å². The molecule has 0 saturated heterocycles. The predicted molar refractivity (Wildman–Crippen MR) is 254 cm³/mol. The fraction of sp³-hybridized carbons (Fsp3) is 0.222. The summed E-state index contributed by atoms with van der Waals surface area (Å²) in [6, 6.07) is 58.4. The Balaban J connectivity index is 0.000000145. The molecular weight excluding hydrogens is 839 g/mol. The Morgan fingerprint density at radius 2 is 0.931 bits per heavy atom. The molecule has 0 aliphatic carbocycles. The third-order valence-electron chi connectivity index (χ3n) is 10.8. The van der Waals surface area contributed by atoms with Crippen molar-refractivity contribution in [1.29, 1.82) is 0 Å². The Bertz CT molecular complexity index is 2410. The SMILES string of the molecule is CCc1cc2c(-c3ccccc3C(C)(C)C)cccc2[cH-]1.CCc1cc2c(-c3ccccc3C(C)(C)C)cccc2[cH-]1.[Cl][Zr][Cl].[c-]1cccc2c1[Si]c1ccccc1-2. The monoisotopic (exact) mass is 889 g/mol. The summed E-state index contributed by atoms with van der Waals surface area (Å²) in [5.41, 5.74) is 14.2. The Morgan fingerprint density at radius 1 is 0.517 bits per heavy atom. The van der Waals surface area contributed by atoms with Gasteiger partial charge in [0, 0.05) is 0 Å². The minimum absolute atomic E-state index is 0.152. The fourth-order valence-corrected chi connectivity index (χ4v) is 9.25. The fourth-order valence-electron chi connectivity index (χ4n) is 7.94. The van der Waals surface area contributed by atoms with E-state index >= 15 is 0 Å². The summed E-state index contributed by atoms with van der Waals surface area (Å²) < 4.78 is 0. The van der Waals surface area contributed by atoms with Crippen LogP contribution in [0.2, 0.25) is 0 Å². The van der Waals surface area contributed by atoms with Crippen LogP contribution in [0.5, 0.6) is 0 Å². The van der Waals surface area contributed by atoms with Crippen molar-refractivity contribution < 1.29 is 20.8 Å². The first-order chi connectivity index (χ1) is 27.9. The molecule has 1 heterocycles. The van der Waals surface area contributed by atoms with Crippen LogP contribution < -0.4 is 10.4 Å². The molecule has 58 heavy (non-hydrogen) atoms. The molecule has 8 aromatic rings. The molecule has 0 fully saturated rings. The van der Waals surface area contributed by atoms with Gasteiger partial charge in [-0.2, -0.15) is 41.6 Å². The average molecular weight is 892 g/mol. The van der Waals surface area contributed by atoms with Crippen molar-refractivity contribution in [3.05, 3.63) is 180 Å². The van der Waals surface area contributed by atoms with Crippen LogP contribution in [0.3, 0.4) is 0 Å². The zero-order valence-corrected chi connectivity index (χ0v) is 40.1. The maximum atomic E-state index is 4.93. The molecule has 0 unspecified atom stereocenters. The Kier molecular flexibility index (Phi) is 14.7. The smallest absolute Gasteiger partial charge is 0.0920 e. The summed E-state index contributed by atoms with van der Waals surface area (Å²) in [6.07, 6.45) is 2.18. The van der Waals surface area contributed by atoms with Crippen molar-refractivity contribution in [2.75, 3.05) is 0 Å². The van der Waals surface area contributed by atoms with Crippen LogP contribution in [0.4, 0.5) is 0 Å². The molecular formula is C54H53Cl2SiZr-3. The molecule has 2 radical (unpaired) electrons. The normalized spacial score (nSPS) is 11.7. The second kappa shape index (κ2) is 19.5. The minimum Gasteiger partial charge on any atom is -0.184 e. The van der Waals surface area contributed by atoms with Gasteiger partial charge in [0.1, 0.15) is 0 Å². The molecule has 0 atom stereocenters. The van der Waals surface area contributed by atoms with Crippen molar-refractivity contribution >= 4 is 58.5 Å². The molecule has 4 heteroatoms. The molecule has 0 amide bonds. The first kappa shape index (κ1) is 43.8. The van der Waals surface area contributed by atoms with Gasteiger partial charge in [0.25, 0.3) is 0 Å². The second-order valence-corrected chi connectivity index (χ2v) is 21.9. The van der Waals surface area contributed by atoms with Gasteiger partial charge in [-0.05, 0) is 45.9 Å². The van der Waals surface area contributed by atoms with E-state index in [0.717, 1.165) is 22.4 Å². The minimum atomic E-state index is -0.826. The third-order valence-corrected chi connectivity index (χ3v) is 12.2. The van der Waals surface area contributed by atoms with E-state index in [2.05, 4.69) is 207 Å². The van der Waals surface area contributed by atoms with Crippen LogP contribution in [0.25, 0.3) is 54.9 Å². The number of aryl methyl sites for hydroxylation is 2. The number of rotatable bonds is 4. The topological polar surface area (TPSA) is 0 Å². The van der Waals surface area contributed by atoms with Gasteiger partial charge >= 0.3 is 37.9 Å². The maximum absolute atomic E-state index is 4.93. The predicted octanol–water partition coefficient (Wildman–Crippen LogP) is 14.7. The van der Waals surface area contributed by atoms with E-state index in [0.29, 0.717) is 0 Å². The van der Waals surface area contributed by atoms with Gasteiger partial charge in [0.05, 0.1) is 9.52 Å². The number of hydrogen-bond acceptors (Lipinski definition) is 0. The van der Waals surface area contributed by atoms with Gasteiger partial charge in [-0.3, -0.25) is 0 Å². The van der Waals surface area contributed by atoms with Crippen LogP contribution in [0.15, 0.2) is 152 Å². The molecule has 0 N–H and O–H groups in total. The number of benzene rings is 6. The van der Waals surface area contributed by atoms with Crippen LogP contribution in [-0.2, 0) is 44.5 Å². The van der Waals surface area contributed by atoms with Crippen LogP contribution in [0.1, 0.15) is 77.6 Å². The van der Waals surface area contributed by atoms with Gasteiger partial charge in [0.2, 0.25) is 0 Å². The quantitative estimate of drug-likeness (QED) is 0.122. The molecule has 1 aliphatic heterocycles. The maximum Gasteiger partial charge on any atom is 0.0920 e. The average Bonchev–Trinajstić information content (AvgIpc) is 3.96. The van der Waals surface area contributed by atoms with Gasteiger partial charge in [-0.1, -0.05) is 162 Å². The largest absolute Gasteiger partial charge is 0.184 e. The molecule has 0 spiro atoms. The first-order valence-electron chi connectivity index (χ1n) is 20.3. The van der Waals surface area contributed by atoms with Crippen LogP contribution >= 0.6 is 17.0 Å². The molecule has 9 rings (SSSR count). The third kappa shape index (κ3) is 10.1. The standard InChI is InChI=1S/2C21H23.C12H7Si.2ClH.Zr/c2*1-5-15-13-16-9-8-11-17(19(16)14-15)18-10-6-7-12-20(18)21(2,3)4;1-3-7-11-9(5-1)10-6-2-4-8-12(10)13-11;;;/h2*6-14H,5H2,1-4H3;1-7H;2*1H;/q3*-1;;;+2/p-2. The van der Waals surface area contributed by atoms with Crippen LogP contribution in [-0.4, -0.2) is 9.52 Å². The number of fused-ring (bicyclic) bond motifs is 5. The van der Waals surface area contributed by atoms with E-state index in [1.165, 1.54) is 87.6 Å². The zero-order chi connectivity index (χ0) is 41.5. The first-order valence-corrected chi connectivity index (χ1v) is 27.6. The summed E-state index contributed by atoms with van der Waals surface area (Å²) in [5.74, 6) is 0. The molecule has 0 nitrogen and oxygen atoms in total. The summed E-state index contributed by atoms with van der Waals surface area (Å²) >= 11 is -0.826. The molecule has 294 valence electrons. The molecule has 1 aliphatic rings.